The standard InChI is InChI=1S/C13H12ClN3O5S/c1-22-12-4-7(15)2-3-10(12)16-17-11-6-8(23(19,20)21)5-9(14)13(11)18/h2-6,18H,15H2,1H3,(H,19,20,21). The first-order valence-electron chi connectivity index (χ1n) is 6.07. The van der Waals surface area contributed by atoms with Crippen molar-refractivity contribution in [3.63, 3.8) is 0 Å². The molecule has 0 amide bonds. The topological polar surface area (TPSA) is 135 Å². The van der Waals surface area contributed by atoms with Gasteiger partial charge in [0.2, 0.25) is 0 Å². The lowest BCUT2D eigenvalue weighted by atomic mass is 10.2. The summed E-state index contributed by atoms with van der Waals surface area (Å²) in [4.78, 5) is -0.515. The van der Waals surface area contributed by atoms with Crippen molar-refractivity contribution in [3.8, 4) is 11.5 Å². The molecular formula is C13H12ClN3O5S. The number of hydrogen-bond acceptors (Lipinski definition) is 7. The van der Waals surface area contributed by atoms with E-state index in [1.807, 2.05) is 0 Å². The van der Waals surface area contributed by atoms with Crippen LogP contribution in [0.15, 0.2) is 45.5 Å². The number of phenols is 1. The molecule has 0 spiro atoms. The molecular weight excluding hydrogens is 346 g/mol. The zero-order chi connectivity index (χ0) is 17.2. The fraction of sp³-hybridized carbons (Fsp3) is 0.0769. The van der Waals surface area contributed by atoms with Gasteiger partial charge in [-0.1, -0.05) is 11.6 Å². The molecule has 8 nitrogen and oxygen atoms in total. The van der Waals surface area contributed by atoms with Crippen LogP contribution in [0, 0.1) is 0 Å². The summed E-state index contributed by atoms with van der Waals surface area (Å²) in [5.74, 6) is -0.137. The van der Waals surface area contributed by atoms with Crippen molar-refractivity contribution in [2.24, 2.45) is 10.2 Å². The molecule has 0 unspecified atom stereocenters. The molecule has 2 aromatic carbocycles. The summed E-state index contributed by atoms with van der Waals surface area (Å²) >= 11 is 5.72. The molecule has 0 atom stereocenters. The normalized spacial score (nSPS) is 11.8. The van der Waals surface area contributed by atoms with Crippen molar-refractivity contribution in [2.45, 2.75) is 4.90 Å². The summed E-state index contributed by atoms with van der Waals surface area (Å²) < 4.78 is 36.5. The number of halogens is 1. The molecule has 0 aliphatic heterocycles. The van der Waals surface area contributed by atoms with E-state index in [1.165, 1.54) is 19.2 Å². The van der Waals surface area contributed by atoms with E-state index >= 15 is 0 Å². The van der Waals surface area contributed by atoms with E-state index < -0.39 is 20.8 Å². The number of ether oxygens (including phenoxy) is 1. The summed E-state index contributed by atoms with van der Waals surface area (Å²) in [5.41, 5.74) is 6.14. The van der Waals surface area contributed by atoms with E-state index in [0.29, 0.717) is 17.1 Å². The molecule has 23 heavy (non-hydrogen) atoms. The molecule has 122 valence electrons. The summed E-state index contributed by atoms with van der Waals surface area (Å²) in [6.45, 7) is 0. The highest BCUT2D eigenvalue weighted by molar-refractivity contribution is 7.85. The Kier molecular flexibility index (Phi) is 4.73. The number of aromatic hydroxyl groups is 1. The van der Waals surface area contributed by atoms with Gasteiger partial charge in [0.05, 0.1) is 17.0 Å². The molecule has 0 saturated heterocycles. The molecule has 0 saturated carbocycles. The fourth-order valence-corrected chi connectivity index (χ4v) is 2.48. The average Bonchev–Trinajstić information content (AvgIpc) is 2.48. The molecule has 2 rings (SSSR count). The maximum Gasteiger partial charge on any atom is 0.294 e. The predicted octanol–water partition coefficient (Wildman–Crippen LogP) is 3.30. The molecule has 0 bridgehead atoms. The third-order valence-corrected chi connectivity index (χ3v) is 3.90. The van der Waals surface area contributed by atoms with Crippen molar-refractivity contribution in [2.75, 3.05) is 12.8 Å². The molecule has 10 heteroatoms. The zero-order valence-corrected chi connectivity index (χ0v) is 13.3. The summed E-state index contributed by atoms with van der Waals surface area (Å²) in [5, 5.41) is 17.1. The van der Waals surface area contributed by atoms with Gasteiger partial charge >= 0.3 is 0 Å². The van der Waals surface area contributed by atoms with Gasteiger partial charge in [-0.25, -0.2) is 0 Å². The van der Waals surface area contributed by atoms with Gasteiger partial charge in [0.15, 0.2) is 5.75 Å². The fourth-order valence-electron chi connectivity index (χ4n) is 1.67. The van der Waals surface area contributed by atoms with E-state index in [9.17, 15) is 13.5 Å². The molecule has 4 N–H and O–H groups in total. The number of azo groups is 1. The highest BCUT2D eigenvalue weighted by Crippen LogP contribution is 2.38. The number of phenolic OH excluding ortho intramolecular Hbond substituents is 1. The second-order valence-corrected chi connectivity index (χ2v) is 6.21. The highest BCUT2D eigenvalue weighted by Gasteiger charge is 2.16. The maximum atomic E-state index is 11.2. The van der Waals surface area contributed by atoms with Gasteiger partial charge in [0, 0.05) is 11.8 Å². The van der Waals surface area contributed by atoms with Crippen molar-refractivity contribution >= 4 is 38.8 Å². The van der Waals surface area contributed by atoms with Crippen LogP contribution in [0.1, 0.15) is 0 Å². The van der Waals surface area contributed by atoms with Crippen molar-refractivity contribution < 1.29 is 22.8 Å². The number of anilines is 1. The Balaban J connectivity index is 2.50. The number of methoxy groups -OCH3 is 1. The number of rotatable bonds is 4. The van der Waals surface area contributed by atoms with Crippen LogP contribution >= 0.6 is 11.6 Å². The van der Waals surface area contributed by atoms with E-state index in [0.717, 1.165) is 12.1 Å². The predicted molar refractivity (Wildman–Crippen MR) is 84.5 cm³/mol. The lowest BCUT2D eigenvalue weighted by Gasteiger charge is -2.06. The lowest BCUT2D eigenvalue weighted by molar-refractivity contribution is 0.416. The molecule has 0 radical (unpaired) electrons. The third kappa shape index (κ3) is 3.89. The summed E-state index contributed by atoms with van der Waals surface area (Å²) in [6, 6.07) is 6.45. The molecule has 0 aliphatic carbocycles. The van der Waals surface area contributed by atoms with Crippen LogP contribution in [0.2, 0.25) is 5.02 Å². The van der Waals surface area contributed by atoms with Gasteiger partial charge in [0.25, 0.3) is 10.1 Å². The van der Waals surface area contributed by atoms with E-state index in [2.05, 4.69) is 10.2 Å². The lowest BCUT2D eigenvalue weighted by Crippen LogP contribution is -1.97. The minimum atomic E-state index is -4.50. The minimum Gasteiger partial charge on any atom is -0.504 e. The molecule has 0 aromatic heterocycles. The Bertz CT molecular complexity index is 883. The highest BCUT2D eigenvalue weighted by atomic mass is 35.5. The van der Waals surface area contributed by atoms with Crippen LogP contribution in [0.5, 0.6) is 11.5 Å². The SMILES string of the molecule is COc1cc(N)ccc1N=Nc1cc(S(=O)(=O)O)cc(Cl)c1O. The molecule has 0 aliphatic rings. The largest absolute Gasteiger partial charge is 0.504 e. The Hall–Kier alpha value is -2.36. The van der Waals surface area contributed by atoms with Gasteiger partial charge in [-0.2, -0.15) is 8.42 Å². The first-order valence-corrected chi connectivity index (χ1v) is 7.89. The summed E-state index contributed by atoms with van der Waals surface area (Å²) in [6.07, 6.45) is 0. The first-order chi connectivity index (χ1) is 10.7. The van der Waals surface area contributed by atoms with Crippen molar-refractivity contribution in [1.82, 2.24) is 0 Å². The summed E-state index contributed by atoms with van der Waals surface area (Å²) in [7, 11) is -3.09. The van der Waals surface area contributed by atoms with Crippen LogP contribution in [0.4, 0.5) is 17.1 Å². The quantitative estimate of drug-likeness (QED) is 0.436. The number of benzene rings is 2. The molecule has 2 aromatic rings. The molecule has 0 fully saturated rings. The second-order valence-electron chi connectivity index (χ2n) is 4.38. The maximum absolute atomic E-state index is 11.2. The van der Waals surface area contributed by atoms with Crippen LogP contribution < -0.4 is 10.5 Å². The third-order valence-electron chi connectivity index (χ3n) is 2.78. The second kappa shape index (κ2) is 6.41. The number of nitrogen functional groups attached to an aromatic ring is 1. The van der Waals surface area contributed by atoms with Crippen LogP contribution in [0.25, 0.3) is 0 Å². The number of nitrogens with zero attached hydrogens (tertiary/aromatic N) is 2. The van der Waals surface area contributed by atoms with Gasteiger partial charge in [-0.15, -0.1) is 10.2 Å². The first kappa shape index (κ1) is 17.0. The van der Waals surface area contributed by atoms with Gasteiger partial charge in [-0.3, -0.25) is 4.55 Å². The van der Waals surface area contributed by atoms with Gasteiger partial charge < -0.3 is 15.6 Å². The Labute approximate surface area is 136 Å². The molecule has 0 heterocycles. The van der Waals surface area contributed by atoms with Crippen molar-refractivity contribution in [3.05, 3.63) is 35.4 Å². The van der Waals surface area contributed by atoms with Crippen molar-refractivity contribution in [1.29, 1.82) is 0 Å². The van der Waals surface area contributed by atoms with Crippen LogP contribution in [-0.2, 0) is 10.1 Å². The monoisotopic (exact) mass is 357 g/mol. The van der Waals surface area contributed by atoms with E-state index in [4.69, 9.17) is 26.6 Å². The zero-order valence-electron chi connectivity index (χ0n) is 11.8. The Morgan fingerprint density at radius 1 is 1.17 bits per heavy atom. The van der Waals surface area contributed by atoms with Crippen LogP contribution in [-0.4, -0.2) is 25.2 Å². The smallest absolute Gasteiger partial charge is 0.294 e. The van der Waals surface area contributed by atoms with E-state index in [1.54, 1.807) is 6.07 Å². The Morgan fingerprint density at radius 2 is 1.83 bits per heavy atom. The number of nitrogens with two attached hydrogens (primary N) is 1. The van der Waals surface area contributed by atoms with Gasteiger partial charge in [-0.05, 0) is 24.3 Å². The number of hydrogen-bond donors (Lipinski definition) is 3. The van der Waals surface area contributed by atoms with E-state index in [-0.39, 0.29) is 10.7 Å². The average molecular weight is 358 g/mol. The minimum absolute atomic E-state index is 0.232. The Morgan fingerprint density at radius 3 is 2.43 bits per heavy atom. The van der Waals surface area contributed by atoms with Crippen LogP contribution in [0.3, 0.4) is 0 Å². The van der Waals surface area contributed by atoms with Gasteiger partial charge in [0.1, 0.15) is 17.1 Å².